The van der Waals surface area contributed by atoms with E-state index < -0.39 is 0 Å². The van der Waals surface area contributed by atoms with Crippen molar-refractivity contribution >= 4 is 27.2 Å². The molecule has 0 unspecified atom stereocenters. The molecule has 2 heterocycles. The van der Waals surface area contributed by atoms with Crippen molar-refractivity contribution in [2.24, 2.45) is 0 Å². The van der Waals surface area contributed by atoms with Crippen molar-refractivity contribution < 1.29 is 0 Å². The molecule has 2 rings (SSSR count). The van der Waals surface area contributed by atoms with Crippen LogP contribution in [-0.4, -0.2) is 4.98 Å². The molecule has 2 nitrogen and oxygen atoms in total. The van der Waals surface area contributed by atoms with Crippen LogP contribution in [0.2, 0.25) is 0 Å². The smallest absolute Gasteiger partial charge is 0.125 e. The van der Waals surface area contributed by atoms with Crippen molar-refractivity contribution in [2.75, 3.05) is 5.73 Å². The summed E-state index contributed by atoms with van der Waals surface area (Å²) < 4.78 is 0. The monoisotopic (exact) mass is 194 g/mol. The summed E-state index contributed by atoms with van der Waals surface area (Å²) in [4.78, 5) is 5.15. The first kappa shape index (κ1) is 9.99. The van der Waals surface area contributed by atoms with Crippen LogP contribution in [0.4, 0.5) is 5.69 Å². The van der Waals surface area contributed by atoms with Crippen LogP contribution in [0.25, 0.3) is 10.2 Å². The minimum absolute atomic E-state index is 0.811. The number of anilines is 1. The van der Waals surface area contributed by atoms with Gasteiger partial charge in [0, 0.05) is 17.3 Å². The number of hydrogen-bond acceptors (Lipinski definition) is 3. The molecule has 0 aromatic carbocycles. The number of aromatic nitrogens is 1. The van der Waals surface area contributed by atoms with E-state index in [-0.39, 0.29) is 0 Å². The van der Waals surface area contributed by atoms with Gasteiger partial charge in [0.15, 0.2) is 0 Å². The van der Waals surface area contributed by atoms with E-state index in [1.54, 1.807) is 17.5 Å². The average Bonchev–Trinajstić information content (AvgIpc) is 2.54. The number of nitrogens with two attached hydrogens (primary N) is 1. The third-order valence-corrected chi connectivity index (χ3v) is 2.22. The van der Waals surface area contributed by atoms with Gasteiger partial charge in [0.2, 0.25) is 0 Å². The maximum Gasteiger partial charge on any atom is 0.125 e. The molecule has 3 heteroatoms. The highest BCUT2D eigenvalue weighted by Gasteiger charge is 1.96. The summed E-state index contributed by atoms with van der Waals surface area (Å²) in [6.45, 7) is 4.25. The molecule has 0 radical (unpaired) electrons. The van der Waals surface area contributed by atoms with Gasteiger partial charge in [0.05, 0.1) is 0 Å². The first-order valence-corrected chi connectivity index (χ1v) is 5.25. The first-order valence-electron chi connectivity index (χ1n) is 4.37. The van der Waals surface area contributed by atoms with Gasteiger partial charge in [-0.1, -0.05) is 20.3 Å². The van der Waals surface area contributed by atoms with Crippen LogP contribution in [0.5, 0.6) is 0 Å². The van der Waals surface area contributed by atoms with E-state index in [2.05, 4.69) is 18.8 Å². The van der Waals surface area contributed by atoms with Crippen LogP contribution in [0.3, 0.4) is 0 Å². The summed E-state index contributed by atoms with van der Waals surface area (Å²) in [6.07, 6.45) is 2.98. The highest BCUT2D eigenvalue weighted by molar-refractivity contribution is 7.16. The minimum Gasteiger partial charge on any atom is -0.398 e. The van der Waals surface area contributed by atoms with Crippen LogP contribution in [0, 0.1) is 0 Å². The predicted octanol–water partition coefficient (Wildman–Crippen LogP) is 3.29. The van der Waals surface area contributed by atoms with E-state index in [9.17, 15) is 0 Å². The third kappa shape index (κ3) is 2.42. The highest BCUT2D eigenvalue weighted by Crippen LogP contribution is 2.22. The largest absolute Gasteiger partial charge is 0.398 e. The Labute approximate surface area is 82.4 Å². The number of nitrogen functional groups attached to an aromatic ring is 1. The molecule has 0 aliphatic rings. The molecule has 0 bridgehead atoms. The van der Waals surface area contributed by atoms with Crippen molar-refractivity contribution in [3.63, 3.8) is 0 Å². The molecule has 70 valence electrons. The molecule has 13 heavy (non-hydrogen) atoms. The van der Waals surface area contributed by atoms with Gasteiger partial charge in [0.1, 0.15) is 4.83 Å². The lowest BCUT2D eigenvalue weighted by Crippen LogP contribution is -1.84. The standard InChI is InChI=1S/C7H6N2S.C3H8/c8-6-1-3-9-7-5(6)2-4-10-7;1-3-2/h1-4H,(H2,8,9);3H2,1-2H3. The van der Waals surface area contributed by atoms with Gasteiger partial charge in [0.25, 0.3) is 0 Å². The Kier molecular flexibility index (Phi) is 3.71. The minimum atomic E-state index is 0.811. The van der Waals surface area contributed by atoms with E-state index >= 15 is 0 Å². The lowest BCUT2D eigenvalue weighted by Gasteiger charge is -1.91. The topological polar surface area (TPSA) is 38.9 Å². The van der Waals surface area contributed by atoms with Crippen molar-refractivity contribution in [3.8, 4) is 0 Å². The van der Waals surface area contributed by atoms with E-state index in [4.69, 9.17) is 5.73 Å². The van der Waals surface area contributed by atoms with Crippen LogP contribution >= 0.6 is 11.3 Å². The van der Waals surface area contributed by atoms with Gasteiger partial charge in [-0.3, -0.25) is 0 Å². The average molecular weight is 194 g/mol. The van der Waals surface area contributed by atoms with Crippen LogP contribution in [0.1, 0.15) is 20.3 Å². The lowest BCUT2D eigenvalue weighted by atomic mass is 10.3. The molecule has 0 saturated carbocycles. The van der Waals surface area contributed by atoms with Crippen molar-refractivity contribution in [1.29, 1.82) is 0 Å². The molecule has 2 N–H and O–H groups in total. The second kappa shape index (κ2) is 4.82. The maximum absolute atomic E-state index is 5.67. The number of nitrogens with zero attached hydrogens (tertiary/aromatic N) is 1. The fourth-order valence-electron chi connectivity index (χ4n) is 0.896. The van der Waals surface area contributed by atoms with Crippen molar-refractivity contribution in [1.82, 2.24) is 4.98 Å². The molecule has 0 fully saturated rings. The molecule has 0 spiro atoms. The summed E-state index contributed by atoms with van der Waals surface area (Å²) in [6, 6.07) is 3.80. The summed E-state index contributed by atoms with van der Waals surface area (Å²) >= 11 is 1.61. The zero-order valence-electron chi connectivity index (χ0n) is 7.95. The van der Waals surface area contributed by atoms with E-state index in [0.29, 0.717) is 0 Å². The Morgan fingerprint density at radius 2 is 2.08 bits per heavy atom. The summed E-state index contributed by atoms with van der Waals surface area (Å²) in [5, 5.41) is 3.06. The first-order chi connectivity index (χ1) is 6.29. The van der Waals surface area contributed by atoms with Gasteiger partial charge in [-0.05, 0) is 17.5 Å². The van der Waals surface area contributed by atoms with Gasteiger partial charge < -0.3 is 5.73 Å². The molecule has 0 atom stereocenters. The second-order valence-electron chi connectivity index (χ2n) is 2.75. The number of rotatable bonds is 0. The lowest BCUT2D eigenvalue weighted by molar-refractivity contribution is 1.09. The summed E-state index contributed by atoms with van der Waals surface area (Å²) in [5.41, 5.74) is 6.48. The number of pyridine rings is 1. The van der Waals surface area contributed by atoms with Crippen LogP contribution in [-0.2, 0) is 0 Å². The molecule has 2 aromatic rings. The van der Waals surface area contributed by atoms with Gasteiger partial charge in [-0.2, -0.15) is 0 Å². The zero-order valence-corrected chi connectivity index (χ0v) is 8.77. The van der Waals surface area contributed by atoms with Gasteiger partial charge >= 0.3 is 0 Å². The number of thiophene rings is 1. The van der Waals surface area contributed by atoms with Gasteiger partial charge in [-0.25, -0.2) is 4.98 Å². The van der Waals surface area contributed by atoms with Crippen molar-refractivity contribution in [3.05, 3.63) is 23.7 Å². The Morgan fingerprint density at radius 3 is 2.69 bits per heavy atom. The van der Waals surface area contributed by atoms with E-state index in [1.165, 1.54) is 6.42 Å². The molecular weight excluding hydrogens is 180 g/mol. The van der Waals surface area contributed by atoms with Crippen LogP contribution in [0.15, 0.2) is 23.7 Å². The molecular formula is C10H14N2S. The Morgan fingerprint density at radius 1 is 1.38 bits per heavy atom. The second-order valence-corrected chi connectivity index (χ2v) is 3.64. The zero-order chi connectivity index (χ0) is 9.68. The number of fused-ring (bicyclic) bond motifs is 1. The normalized spacial score (nSPS) is 9.38. The fraction of sp³-hybridized carbons (Fsp3) is 0.300. The Bertz CT molecular complexity index is 368. The molecule has 0 aliphatic carbocycles. The molecule has 0 amide bonds. The van der Waals surface area contributed by atoms with E-state index in [0.717, 1.165) is 15.9 Å². The summed E-state index contributed by atoms with van der Waals surface area (Å²) in [7, 11) is 0. The number of hydrogen-bond donors (Lipinski definition) is 1. The Hall–Kier alpha value is -1.09. The highest BCUT2D eigenvalue weighted by atomic mass is 32.1. The predicted molar refractivity (Wildman–Crippen MR) is 60.0 cm³/mol. The van der Waals surface area contributed by atoms with Gasteiger partial charge in [-0.15, -0.1) is 11.3 Å². The SMILES string of the molecule is CCC.Nc1ccnc2sccc12. The Balaban J connectivity index is 0.000000251. The molecule has 0 saturated heterocycles. The maximum atomic E-state index is 5.67. The molecule has 0 aliphatic heterocycles. The summed E-state index contributed by atoms with van der Waals surface area (Å²) in [5.74, 6) is 0. The van der Waals surface area contributed by atoms with E-state index in [1.807, 2.05) is 17.5 Å². The fourth-order valence-corrected chi connectivity index (χ4v) is 1.66. The van der Waals surface area contributed by atoms with Crippen molar-refractivity contribution in [2.45, 2.75) is 20.3 Å². The quantitative estimate of drug-likeness (QED) is 0.699. The molecule has 2 aromatic heterocycles. The third-order valence-electron chi connectivity index (χ3n) is 1.40. The van der Waals surface area contributed by atoms with Crippen LogP contribution < -0.4 is 5.73 Å².